The van der Waals surface area contributed by atoms with Gasteiger partial charge in [0.05, 0.1) is 0 Å². The SMILES string of the molecule is CC(C)(C)C(N)CCCc1cccc(F)c1F. The van der Waals surface area contributed by atoms with Crippen LogP contribution in [0.2, 0.25) is 0 Å². The van der Waals surface area contributed by atoms with E-state index in [9.17, 15) is 8.78 Å². The number of halogens is 2. The highest BCUT2D eigenvalue weighted by Gasteiger charge is 2.20. The molecule has 1 unspecified atom stereocenters. The molecule has 0 amide bonds. The van der Waals surface area contributed by atoms with E-state index in [0.717, 1.165) is 18.9 Å². The van der Waals surface area contributed by atoms with Crippen LogP contribution in [0.5, 0.6) is 0 Å². The Morgan fingerprint density at radius 1 is 1.24 bits per heavy atom. The van der Waals surface area contributed by atoms with Crippen molar-refractivity contribution in [2.45, 2.75) is 46.1 Å². The lowest BCUT2D eigenvalue weighted by Crippen LogP contribution is -2.34. The predicted octanol–water partition coefficient (Wildman–Crippen LogP) is 3.66. The summed E-state index contributed by atoms with van der Waals surface area (Å²) in [6.07, 6.45) is 2.13. The van der Waals surface area contributed by atoms with Gasteiger partial charge in [-0.3, -0.25) is 0 Å². The molecule has 17 heavy (non-hydrogen) atoms. The Morgan fingerprint density at radius 2 is 1.88 bits per heavy atom. The molecule has 0 saturated heterocycles. The Bertz CT molecular complexity index is 369. The van der Waals surface area contributed by atoms with E-state index in [0.29, 0.717) is 12.0 Å². The summed E-state index contributed by atoms with van der Waals surface area (Å²) in [4.78, 5) is 0. The molecule has 0 aliphatic carbocycles. The van der Waals surface area contributed by atoms with Crippen LogP contribution in [0, 0.1) is 17.0 Å². The molecular formula is C14H21F2N. The summed E-state index contributed by atoms with van der Waals surface area (Å²) in [7, 11) is 0. The Kier molecular flexibility index (Phi) is 4.63. The third kappa shape index (κ3) is 4.08. The van der Waals surface area contributed by atoms with Crippen LogP contribution < -0.4 is 5.73 Å². The number of nitrogens with two attached hydrogens (primary N) is 1. The van der Waals surface area contributed by atoms with Crippen molar-refractivity contribution in [3.8, 4) is 0 Å². The molecule has 1 rings (SSSR count). The summed E-state index contributed by atoms with van der Waals surface area (Å²) >= 11 is 0. The average Bonchev–Trinajstić information content (AvgIpc) is 2.22. The maximum absolute atomic E-state index is 13.4. The van der Waals surface area contributed by atoms with Crippen LogP contribution in [0.15, 0.2) is 18.2 Å². The lowest BCUT2D eigenvalue weighted by molar-refractivity contribution is 0.301. The standard InChI is InChI=1S/C14H21F2N/c1-14(2,3)12(17)9-5-7-10-6-4-8-11(15)13(10)16/h4,6,8,12H,5,7,9,17H2,1-3H3. The molecule has 96 valence electrons. The fraction of sp³-hybridized carbons (Fsp3) is 0.571. The minimum absolute atomic E-state index is 0.0560. The van der Waals surface area contributed by atoms with E-state index < -0.39 is 11.6 Å². The highest BCUT2D eigenvalue weighted by atomic mass is 19.2. The zero-order valence-electron chi connectivity index (χ0n) is 10.8. The van der Waals surface area contributed by atoms with Crippen molar-refractivity contribution in [1.29, 1.82) is 0 Å². The summed E-state index contributed by atoms with van der Waals surface area (Å²) in [5, 5.41) is 0. The Balaban J connectivity index is 2.49. The molecule has 0 radical (unpaired) electrons. The summed E-state index contributed by atoms with van der Waals surface area (Å²) < 4.78 is 26.3. The van der Waals surface area contributed by atoms with Gasteiger partial charge in [0.1, 0.15) is 0 Å². The number of hydrogen-bond donors (Lipinski definition) is 1. The largest absolute Gasteiger partial charge is 0.327 e. The highest BCUT2D eigenvalue weighted by molar-refractivity contribution is 5.18. The van der Waals surface area contributed by atoms with Crippen LogP contribution in [0.1, 0.15) is 39.2 Å². The van der Waals surface area contributed by atoms with Gasteiger partial charge in [0.2, 0.25) is 0 Å². The van der Waals surface area contributed by atoms with Crippen molar-refractivity contribution in [1.82, 2.24) is 0 Å². The summed E-state index contributed by atoms with van der Waals surface area (Å²) in [5.41, 5.74) is 6.51. The van der Waals surface area contributed by atoms with Crippen molar-refractivity contribution in [2.24, 2.45) is 11.1 Å². The van der Waals surface area contributed by atoms with E-state index in [1.165, 1.54) is 6.07 Å². The van der Waals surface area contributed by atoms with Crippen LogP contribution in [0.3, 0.4) is 0 Å². The van der Waals surface area contributed by atoms with Crippen molar-refractivity contribution >= 4 is 0 Å². The van der Waals surface area contributed by atoms with E-state index in [4.69, 9.17) is 5.73 Å². The zero-order valence-corrected chi connectivity index (χ0v) is 10.8. The molecule has 0 bridgehead atoms. The number of aryl methyl sites for hydroxylation is 1. The van der Waals surface area contributed by atoms with E-state index >= 15 is 0 Å². The second-order valence-corrected chi connectivity index (χ2v) is 5.58. The van der Waals surface area contributed by atoms with Gasteiger partial charge in [-0.1, -0.05) is 32.9 Å². The lowest BCUT2D eigenvalue weighted by atomic mass is 9.84. The maximum atomic E-state index is 13.4. The number of rotatable bonds is 4. The molecule has 1 atom stereocenters. The van der Waals surface area contributed by atoms with Gasteiger partial charge in [0.15, 0.2) is 11.6 Å². The highest BCUT2D eigenvalue weighted by Crippen LogP contribution is 2.22. The van der Waals surface area contributed by atoms with E-state index in [1.54, 1.807) is 6.07 Å². The average molecular weight is 241 g/mol. The van der Waals surface area contributed by atoms with Crippen LogP contribution in [-0.2, 0) is 6.42 Å². The molecule has 0 heterocycles. The molecule has 0 aliphatic rings. The van der Waals surface area contributed by atoms with Crippen LogP contribution >= 0.6 is 0 Å². The Labute approximate surface area is 102 Å². The minimum atomic E-state index is -0.775. The van der Waals surface area contributed by atoms with Gasteiger partial charge in [-0.15, -0.1) is 0 Å². The number of hydrogen-bond acceptors (Lipinski definition) is 1. The first-order valence-corrected chi connectivity index (χ1v) is 6.01. The molecule has 0 saturated carbocycles. The fourth-order valence-corrected chi connectivity index (χ4v) is 1.69. The first-order chi connectivity index (χ1) is 7.82. The smallest absolute Gasteiger partial charge is 0.162 e. The van der Waals surface area contributed by atoms with Gasteiger partial charge in [-0.25, -0.2) is 8.78 Å². The molecule has 1 aromatic carbocycles. The monoisotopic (exact) mass is 241 g/mol. The quantitative estimate of drug-likeness (QED) is 0.855. The van der Waals surface area contributed by atoms with Gasteiger partial charge >= 0.3 is 0 Å². The van der Waals surface area contributed by atoms with Crippen LogP contribution in [-0.4, -0.2) is 6.04 Å². The third-order valence-corrected chi connectivity index (χ3v) is 3.11. The predicted molar refractivity (Wildman–Crippen MR) is 66.7 cm³/mol. The molecule has 1 nitrogen and oxygen atoms in total. The van der Waals surface area contributed by atoms with Crippen molar-refractivity contribution in [3.05, 3.63) is 35.4 Å². The number of benzene rings is 1. The Morgan fingerprint density at radius 3 is 2.47 bits per heavy atom. The first kappa shape index (κ1) is 14.1. The molecule has 2 N–H and O–H groups in total. The topological polar surface area (TPSA) is 26.0 Å². The van der Waals surface area contributed by atoms with Crippen molar-refractivity contribution in [2.75, 3.05) is 0 Å². The van der Waals surface area contributed by atoms with Crippen LogP contribution in [0.4, 0.5) is 8.78 Å². The summed E-state index contributed by atoms with van der Waals surface area (Å²) in [5.74, 6) is -1.50. The maximum Gasteiger partial charge on any atom is 0.162 e. The lowest BCUT2D eigenvalue weighted by Gasteiger charge is -2.26. The second kappa shape index (κ2) is 5.58. The molecule has 0 aliphatic heterocycles. The third-order valence-electron chi connectivity index (χ3n) is 3.11. The second-order valence-electron chi connectivity index (χ2n) is 5.58. The van der Waals surface area contributed by atoms with Gasteiger partial charge in [-0.05, 0) is 36.3 Å². The molecule has 0 aromatic heterocycles. The fourth-order valence-electron chi connectivity index (χ4n) is 1.69. The molecule has 0 spiro atoms. The van der Waals surface area contributed by atoms with E-state index in [-0.39, 0.29) is 11.5 Å². The molecule has 1 aromatic rings. The van der Waals surface area contributed by atoms with E-state index in [1.807, 2.05) is 0 Å². The van der Waals surface area contributed by atoms with Gasteiger partial charge in [0, 0.05) is 6.04 Å². The normalized spacial score (nSPS) is 13.8. The van der Waals surface area contributed by atoms with Crippen molar-refractivity contribution < 1.29 is 8.78 Å². The zero-order chi connectivity index (χ0) is 13.1. The van der Waals surface area contributed by atoms with Gasteiger partial charge in [0.25, 0.3) is 0 Å². The summed E-state index contributed by atoms with van der Waals surface area (Å²) in [6.45, 7) is 6.25. The van der Waals surface area contributed by atoms with Gasteiger partial charge in [-0.2, -0.15) is 0 Å². The molecule has 0 fully saturated rings. The first-order valence-electron chi connectivity index (χ1n) is 6.01. The summed E-state index contributed by atoms with van der Waals surface area (Å²) in [6, 6.07) is 4.39. The van der Waals surface area contributed by atoms with Crippen molar-refractivity contribution in [3.63, 3.8) is 0 Å². The Hall–Kier alpha value is -0.960. The minimum Gasteiger partial charge on any atom is -0.327 e. The van der Waals surface area contributed by atoms with Crippen LogP contribution in [0.25, 0.3) is 0 Å². The van der Waals surface area contributed by atoms with E-state index in [2.05, 4.69) is 20.8 Å². The molecule has 3 heteroatoms. The molecular weight excluding hydrogens is 220 g/mol. The van der Waals surface area contributed by atoms with Gasteiger partial charge < -0.3 is 5.73 Å².